The van der Waals surface area contributed by atoms with E-state index in [1.807, 2.05) is 27.0 Å². The molecule has 0 aromatic carbocycles. The number of halogens is 1. The number of carbonyl (C=O) groups excluding carboxylic acids is 1. The van der Waals surface area contributed by atoms with Crippen molar-refractivity contribution >= 4 is 29.4 Å². The molecule has 0 saturated heterocycles. The lowest BCUT2D eigenvalue weighted by molar-refractivity contribution is 0.0954. The van der Waals surface area contributed by atoms with E-state index in [-0.39, 0.29) is 24.2 Å². The highest BCUT2D eigenvalue weighted by atomic mass is 35.5. The van der Waals surface area contributed by atoms with Gasteiger partial charge in [0.1, 0.15) is 0 Å². The molecule has 1 fully saturated rings. The van der Waals surface area contributed by atoms with Gasteiger partial charge in [0.05, 0.1) is 16.6 Å². The molecule has 2 N–H and O–H groups in total. The standard InChI is InChI=1S/C17H24N4O2.ClH/c1-10(2)15-14-12(16(22)19-8-4-7-18-3)9-13(11-5-6-11)20-17(14)23-21-15;/h9-11,18H,4-8H2,1-3H3,(H,19,22);1H. The Morgan fingerprint density at radius 3 is 2.75 bits per heavy atom. The van der Waals surface area contributed by atoms with Gasteiger partial charge in [-0.1, -0.05) is 19.0 Å². The Balaban J connectivity index is 0.00000208. The lowest BCUT2D eigenvalue weighted by Gasteiger charge is -2.09. The zero-order valence-electron chi connectivity index (χ0n) is 14.4. The molecule has 2 heterocycles. The molecule has 3 rings (SSSR count). The third-order valence-corrected chi connectivity index (χ3v) is 4.17. The molecule has 2 aromatic rings. The Hall–Kier alpha value is -1.66. The van der Waals surface area contributed by atoms with Crippen molar-refractivity contribution in [2.24, 2.45) is 0 Å². The summed E-state index contributed by atoms with van der Waals surface area (Å²) in [6.45, 7) is 5.61. The maximum atomic E-state index is 12.7. The van der Waals surface area contributed by atoms with Crippen LogP contribution >= 0.6 is 12.4 Å². The fraction of sp³-hybridized carbons (Fsp3) is 0.588. The van der Waals surface area contributed by atoms with Gasteiger partial charge in [-0.05, 0) is 44.8 Å². The van der Waals surface area contributed by atoms with Crippen molar-refractivity contribution < 1.29 is 9.32 Å². The number of rotatable bonds is 7. The molecule has 0 unspecified atom stereocenters. The molecule has 0 aliphatic heterocycles. The molecular weight excluding hydrogens is 328 g/mol. The minimum atomic E-state index is -0.0690. The summed E-state index contributed by atoms with van der Waals surface area (Å²) in [7, 11) is 1.90. The number of amides is 1. The van der Waals surface area contributed by atoms with Gasteiger partial charge in [-0.25, -0.2) is 4.98 Å². The minimum Gasteiger partial charge on any atom is -0.352 e. The molecule has 0 radical (unpaired) electrons. The predicted molar refractivity (Wildman–Crippen MR) is 96.0 cm³/mol. The summed E-state index contributed by atoms with van der Waals surface area (Å²) in [5.74, 6) is 0.573. The first kappa shape index (κ1) is 18.7. The van der Waals surface area contributed by atoms with Crippen LogP contribution in [0.1, 0.15) is 66.7 Å². The highest BCUT2D eigenvalue weighted by molar-refractivity contribution is 6.06. The Morgan fingerprint density at radius 2 is 2.12 bits per heavy atom. The summed E-state index contributed by atoms with van der Waals surface area (Å²) in [4.78, 5) is 17.2. The zero-order chi connectivity index (χ0) is 16.4. The predicted octanol–water partition coefficient (Wildman–Crippen LogP) is 2.98. The van der Waals surface area contributed by atoms with Crippen LogP contribution in [0.5, 0.6) is 0 Å². The number of nitrogens with zero attached hydrogens (tertiary/aromatic N) is 2. The van der Waals surface area contributed by atoms with E-state index in [9.17, 15) is 4.79 Å². The molecule has 24 heavy (non-hydrogen) atoms. The molecule has 1 aliphatic rings. The number of aromatic nitrogens is 2. The largest absolute Gasteiger partial charge is 0.352 e. The minimum absolute atomic E-state index is 0. The number of nitrogens with one attached hydrogen (secondary N) is 2. The SMILES string of the molecule is CNCCCNC(=O)c1cc(C2CC2)nc2onc(C(C)C)c12.Cl. The van der Waals surface area contributed by atoms with Crippen LogP contribution in [0.2, 0.25) is 0 Å². The summed E-state index contributed by atoms with van der Waals surface area (Å²) >= 11 is 0. The first-order valence-corrected chi connectivity index (χ1v) is 8.34. The maximum absolute atomic E-state index is 12.7. The lowest BCUT2D eigenvalue weighted by atomic mass is 10.0. The van der Waals surface area contributed by atoms with Crippen LogP contribution in [0.4, 0.5) is 0 Å². The number of hydrogen-bond donors (Lipinski definition) is 2. The second kappa shape index (κ2) is 7.94. The van der Waals surface area contributed by atoms with Crippen molar-refractivity contribution in [2.45, 2.75) is 44.9 Å². The van der Waals surface area contributed by atoms with Gasteiger partial charge in [0.2, 0.25) is 0 Å². The van der Waals surface area contributed by atoms with Crippen LogP contribution in [0, 0.1) is 0 Å². The number of hydrogen-bond acceptors (Lipinski definition) is 5. The van der Waals surface area contributed by atoms with Crippen molar-refractivity contribution in [1.29, 1.82) is 0 Å². The fourth-order valence-electron chi connectivity index (χ4n) is 2.72. The highest BCUT2D eigenvalue weighted by Crippen LogP contribution is 2.41. The van der Waals surface area contributed by atoms with Gasteiger partial charge in [-0.3, -0.25) is 4.79 Å². The van der Waals surface area contributed by atoms with E-state index in [0.717, 1.165) is 42.6 Å². The smallest absolute Gasteiger partial charge is 0.259 e. The topological polar surface area (TPSA) is 80.0 Å². The fourth-order valence-corrected chi connectivity index (χ4v) is 2.72. The molecule has 132 valence electrons. The summed E-state index contributed by atoms with van der Waals surface area (Å²) in [6.07, 6.45) is 3.16. The zero-order valence-corrected chi connectivity index (χ0v) is 15.2. The average Bonchev–Trinajstić information content (AvgIpc) is 3.29. The van der Waals surface area contributed by atoms with Gasteiger partial charge < -0.3 is 15.2 Å². The first-order chi connectivity index (χ1) is 11.1. The Morgan fingerprint density at radius 1 is 1.38 bits per heavy atom. The number of fused-ring (bicyclic) bond motifs is 1. The quantitative estimate of drug-likeness (QED) is 0.749. The average molecular weight is 353 g/mol. The molecule has 7 heteroatoms. The molecule has 1 aliphatic carbocycles. The van der Waals surface area contributed by atoms with Gasteiger partial charge >= 0.3 is 0 Å². The van der Waals surface area contributed by atoms with Crippen LogP contribution in [-0.4, -0.2) is 36.2 Å². The van der Waals surface area contributed by atoms with Crippen molar-refractivity contribution in [3.63, 3.8) is 0 Å². The van der Waals surface area contributed by atoms with Crippen LogP contribution in [0.3, 0.4) is 0 Å². The second-order valence-corrected chi connectivity index (χ2v) is 6.48. The van der Waals surface area contributed by atoms with Crippen LogP contribution < -0.4 is 10.6 Å². The summed E-state index contributed by atoms with van der Waals surface area (Å²) < 4.78 is 5.41. The monoisotopic (exact) mass is 352 g/mol. The molecule has 1 saturated carbocycles. The Kier molecular flexibility index (Phi) is 6.18. The number of pyridine rings is 1. The lowest BCUT2D eigenvalue weighted by Crippen LogP contribution is -2.27. The van der Waals surface area contributed by atoms with Crippen LogP contribution in [0.15, 0.2) is 10.6 Å². The normalized spacial score (nSPS) is 14.0. The molecule has 2 aromatic heterocycles. The third-order valence-electron chi connectivity index (χ3n) is 4.17. The van der Waals surface area contributed by atoms with Gasteiger partial charge in [0, 0.05) is 18.2 Å². The molecule has 0 atom stereocenters. The molecular formula is C17H25ClN4O2. The van der Waals surface area contributed by atoms with Gasteiger partial charge in [0.15, 0.2) is 0 Å². The van der Waals surface area contributed by atoms with Crippen molar-refractivity contribution in [2.75, 3.05) is 20.1 Å². The van der Waals surface area contributed by atoms with E-state index in [1.54, 1.807) is 0 Å². The first-order valence-electron chi connectivity index (χ1n) is 8.34. The molecule has 0 spiro atoms. The molecule has 1 amide bonds. The van der Waals surface area contributed by atoms with Crippen LogP contribution in [0.25, 0.3) is 11.1 Å². The Labute approximate surface area is 148 Å². The van der Waals surface area contributed by atoms with E-state index in [1.165, 1.54) is 0 Å². The summed E-state index contributed by atoms with van der Waals surface area (Å²) in [6, 6.07) is 1.93. The van der Waals surface area contributed by atoms with Gasteiger partial charge in [-0.15, -0.1) is 12.4 Å². The third kappa shape index (κ3) is 3.87. The van der Waals surface area contributed by atoms with E-state index in [0.29, 0.717) is 23.7 Å². The summed E-state index contributed by atoms with van der Waals surface area (Å²) in [5.41, 5.74) is 2.88. The maximum Gasteiger partial charge on any atom is 0.259 e. The Bertz CT molecular complexity index is 710. The summed E-state index contributed by atoms with van der Waals surface area (Å²) in [5, 5.41) is 11.0. The molecule has 6 nitrogen and oxygen atoms in total. The van der Waals surface area contributed by atoms with Crippen molar-refractivity contribution in [3.8, 4) is 0 Å². The molecule has 0 bridgehead atoms. The van der Waals surface area contributed by atoms with E-state index >= 15 is 0 Å². The van der Waals surface area contributed by atoms with Crippen molar-refractivity contribution in [3.05, 3.63) is 23.0 Å². The van der Waals surface area contributed by atoms with Crippen LogP contribution in [-0.2, 0) is 0 Å². The van der Waals surface area contributed by atoms with Gasteiger partial charge in [-0.2, -0.15) is 0 Å². The van der Waals surface area contributed by atoms with E-state index < -0.39 is 0 Å². The van der Waals surface area contributed by atoms with Crippen molar-refractivity contribution in [1.82, 2.24) is 20.8 Å². The number of carbonyl (C=O) groups is 1. The highest BCUT2D eigenvalue weighted by Gasteiger charge is 2.29. The van der Waals surface area contributed by atoms with E-state index in [2.05, 4.69) is 20.8 Å². The van der Waals surface area contributed by atoms with E-state index in [4.69, 9.17) is 4.52 Å². The van der Waals surface area contributed by atoms with Gasteiger partial charge in [0.25, 0.3) is 11.6 Å². The second-order valence-electron chi connectivity index (χ2n) is 6.48.